The maximum atomic E-state index is 3.58. The van der Waals surface area contributed by atoms with Crippen molar-refractivity contribution < 1.29 is 0 Å². The molecule has 0 amide bonds. The fourth-order valence-electron chi connectivity index (χ4n) is 2.82. The summed E-state index contributed by atoms with van der Waals surface area (Å²) in [5, 5.41) is 3.58. The summed E-state index contributed by atoms with van der Waals surface area (Å²) in [7, 11) is 0. The van der Waals surface area contributed by atoms with Gasteiger partial charge in [0.15, 0.2) is 0 Å². The van der Waals surface area contributed by atoms with Crippen molar-refractivity contribution >= 4 is 0 Å². The van der Waals surface area contributed by atoms with Crippen LogP contribution in [-0.2, 0) is 6.42 Å². The van der Waals surface area contributed by atoms with Gasteiger partial charge in [-0.25, -0.2) is 0 Å². The van der Waals surface area contributed by atoms with Gasteiger partial charge in [-0.3, -0.25) is 0 Å². The number of rotatable bonds is 8. The third-order valence-corrected chi connectivity index (χ3v) is 3.87. The molecule has 0 bridgehead atoms. The van der Waals surface area contributed by atoms with Crippen LogP contribution < -0.4 is 5.32 Å². The monoisotopic (exact) mass is 247 g/mol. The first-order valence-electron chi connectivity index (χ1n) is 7.42. The molecule has 0 spiro atoms. The van der Waals surface area contributed by atoms with Gasteiger partial charge in [-0.1, -0.05) is 51.1 Å². The molecule has 0 radical (unpaired) electrons. The Labute approximate surface area is 113 Å². The zero-order valence-corrected chi connectivity index (χ0v) is 12.4. The second-order valence-electron chi connectivity index (χ2n) is 5.63. The van der Waals surface area contributed by atoms with Gasteiger partial charge in [0.2, 0.25) is 0 Å². The van der Waals surface area contributed by atoms with Gasteiger partial charge in [0.05, 0.1) is 0 Å². The molecule has 18 heavy (non-hydrogen) atoms. The fraction of sp³-hybridized carbons (Fsp3) is 0.647. The van der Waals surface area contributed by atoms with Gasteiger partial charge in [-0.15, -0.1) is 0 Å². The number of aryl methyl sites for hydroxylation is 1. The van der Waals surface area contributed by atoms with Crippen molar-refractivity contribution in [2.45, 2.75) is 53.0 Å². The molecule has 1 aromatic rings. The Morgan fingerprint density at radius 1 is 1.06 bits per heavy atom. The van der Waals surface area contributed by atoms with Crippen LogP contribution in [0.25, 0.3) is 0 Å². The Kier molecular flexibility index (Phi) is 7.04. The highest BCUT2D eigenvalue weighted by Gasteiger charge is 2.19. The minimum Gasteiger partial charge on any atom is -0.314 e. The molecule has 1 nitrogen and oxygen atoms in total. The largest absolute Gasteiger partial charge is 0.314 e. The predicted molar refractivity (Wildman–Crippen MR) is 80.8 cm³/mol. The number of hydrogen-bond donors (Lipinski definition) is 1. The Balaban J connectivity index is 2.38. The van der Waals surface area contributed by atoms with Crippen LogP contribution in [0, 0.1) is 11.8 Å². The summed E-state index contributed by atoms with van der Waals surface area (Å²) in [4.78, 5) is 0. The van der Waals surface area contributed by atoms with E-state index in [1.165, 1.54) is 24.8 Å². The summed E-state index contributed by atoms with van der Waals surface area (Å²) < 4.78 is 0. The molecule has 1 rings (SSSR count). The van der Waals surface area contributed by atoms with Crippen molar-refractivity contribution in [2.24, 2.45) is 11.8 Å². The highest BCUT2D eigenvalue weighted by Crippen LogP contribution is 2.22. The van der Waals surface area contributed by atoms with Gasteiger partial charge in [0, 0.05) is 6.04 Å². The molecule has 0 heterocycles. The molecule has 102 valence electrons. The van der Waals surface area contributed by atoms with Gasteiger partial charge in [-0.05, 0) is 50.1 Å². The van der Waals surface area contributed by atoms with Crippen molar-refractivity contribution in [1.29, 1.82) is 0 Å². The zero-order valence-electron chi connectivity index (χ0n) is 12.4. The highest BCUT2D eigenvalue weighted by atomic mass is 14.9. The molecule has 0 aliphatic carbocycles. The minimum atomic E-state index is 0.630. The Hall–Kier alpha value is -0.820. The van der Waals surface area contributed by atoms with Gasteiger partial charge in [0.25, 0.3) is 0 Å². The van der Waals surface area contributed by atoms with Crippen LogP contribution in [0.15, 0.2) is 30.3 Å². The zero-order chi connectivity index (χ0) is 13.4. The molecule has 1 N–H and O–H groups in total. The van der Waals surface area contributed by atoms with Crippen LogP contribution in [0.5, 0.6) is 0 Å². The van der Waals surface area contributed by atoms with Gasteiger partial charge >= 0.3 is 0 Å². The SMILES string of the molecule is CCNC(C)C(CCCc1ccccc1)C(C)C. The Bertz CT molecular complexity index is 305. The number of benzene rings is 1. The maximum absolute atomic E-state index is 3.58. The molecule has 1 heteroatoms. The van der Waals surface area contributed by atoms with Crippen molar-refractivity contribution in [3.8, 4) is 0 Å². The van der Waals surface area contributed by atoms with Gasteiger partial charge < -0.3 is 5.32 Å². The minimum absolute atomic E-state index is 0.630. The van der Waals surface area contributed by atoms with Crippen LogP contribution >= 0.6 is 0 Å². The molecule has 0 aliphatic heterocycles. The van der Waals surface area contributed by atoms with E-state index in [-0.39, 0.29) is 0 Å². The lowest BCUT2D eigenvalue weighted by Crippen LogP contribution is -2.36. The van der Waals surface area contributed by atoms with Crippen LogP contribution in [0.2, 0.25) is 0 Å². The summed E-state index contributed by atoms with van der Waals surface area (Å²) in [6.45, 7) is 10.3. The summed E-state index contributed by atoms with van der Waals surface area (Å²) in [6.07, 6.45) is 3.83. The number of hydrogen-bond acceptors (Lipinski definition) is 1. The lowest BCUT2D eigenvalue weighted by molar-refractivity contribution is 0.271. The standard InChI is InChI=1S/C17H29N/c1-5-18-15(4)17(14(2)3)13-9-12-16-10-7-6-8-11-16/h6-8,10-11,14-15,17-18H,5,9,12-13H2,1-4H3. The van der Waals surface area contributed by atoms with E-state index in [1.54, 1.807) is 0 Å². The summed E-state index contributed by atoms with van der Waals surface area (Å²) >= 11 is 0. The average molecular weight is 247 g/mol. The lowest BCUT2D eigenvalue weighted by Gasteiger charge is -2.28. The van der Waals surface area contributed by atoms with E-state index >= 15 is 0 Å². The van der Waals surface area contributed by atoms with Gasteiger partial charge in [0.1, 0.15) is 0 Å². The summed E-state index contributed by atoms with van der Waals surface area (Å²) in [5.74, 6) is 1.54. The first-order valence-corrected chi connectivity index (χ1v) is 7.42. The van der Waals surface area contributed by atoms with Crippen LogP contribution in [0.3, 0.4) is 0 Å². The number of nitrogens with one attached hydrogen (secondary N) is 1. The molecule has 2 unspecified atom stereocenters. The quantitative estimate of drug-likeness (QED) is 0.723. The molecule has 1 aromatic carbocycles. The van der Waals surface area contributed by atoms with E-state index in [0.29, 0.717) is 6.04 Å². The lowest BCUT2D eigenvalue weighted by atomic mass is 9.84. The third-order valence-electron chi connectivity index (χ3n) is 3.87. The summed E-state index contributed by atoms with van der Waals surface area (Å²) in [6, 6.07) is 11.5. The van der Waals surface area contributed by atoms with E-state index < -0.39 is 0 Å². The van der Waals surface area contributed by atoms with Crippen molar-refractivity contribution in [2.75, 3.05) is 6.54 Å². The van der Waals surface area contributed by atoms with Crippen molar-refractivity contribution in [1.82, 2.24) is 5.32 Å². The average Bonchev–Trinajstić information content (AvgIpc) is 2.35. The molecular weight excluding hydrogens is 218 g/mol. The third kappa shape index (κ3) is 5.22. The van der Waals surface area contributed by atoms with E-state index in [4.69, 9.17) is 0 Å². The smallest absolute Gasteiger partial charge is 0.00693 e. The topological polar surface area (TPSA) is 12.0 Å². The van der Waals surface area contributed by atoms with Crippen LogP contribution in [0.4, 0.5) is 0 Å². The molecular formula is C17H29N. The van der Waals surface area contributed by atoms with Crippen molar-refractivity contribution in [3.63, 3.8) is 0 Å². The Morgan fingerprint density at radius 2 is 1.72 bits per heavy atom. The first kappa shape index (κ1) is 15.2. The molecule has 0 aliphatic rings. The summed E-state index contributed by atoms with van der Waals surface area (Å²) in [5.41, 5.74) is 1.47. The highest BCUT2D eigenvalue weighted by molar-refractivity contribution is 5.14. The Morgan fingerprint density at radius 3 is 2.28 bits per heavy atom. The predicted octanol–water partition coefficient (Wildman–Crippen LogP) is 4.28. The molecule has 2 atom stereocenters. The van der Waals surface area contributed by atoms with Crippen LogP contribution in [0.1, 0.15) is 46.1 Å². The molecule has 0 saturated heterocycles. The molecule has 0 fully saturated rings. The van der Waals surface area contributed by atoms with E-state index in [0.717, 1.165) is 18.4 Å². The first-order chi connectivity index (χ1) is 8.65. The van der Waals surface area contributed by atoms with Crippen LogP contribution in [-0.4, -0.2) is 12.6 Å². The maximum Gasteiger partial charge on any atom is 0.00693 e. The van der Waals surface area contributed by atoms with E-state index in [2.05, 4.69) is 63.3 Å². The molecule has 0 saturated carbocycles. The second-order valence-corrected chi connectivity index (χ2v) is 5.63. The molecule has 0 aromatic heterocycles. The van der Waals surface area contributed by atoms with Crippen molar-refractivity contribution in [3.05, 3.63) is 35.9 Å². The van der Waals surface area contributed by atoms with E-state index in [9.17, 15) is 0 Å². The van der Waals surface area contributed by atoms with Gasteiger partial charge in [-0.2, -0.15) is 0 Å². The normalized spacial score (nSPS) is 14.7. The second kappa shape index (κ2) is 8.31. The van der Waals surface area contributed by atoms with E-state index in [1.807, 2.05) is 0 Å². The fourth-order valence-corrected chi connectivity index (χ4v) is 2.82.